The standard InChI is InChI=1S/C26H29N3O3/c1-17(2)23-12-11-19(15-27-23)29(16-18-10-13-25(32-3)28-14-18)26(31)22-8-4-7-21-20(22)6-5-9-24(21)30/h5-6,9-15,17,22,30H,4,7-8,16H2,1-3H3. The number of hydrogen-bond donors (Lipinski definition) is 1. The summed E-state index contributed by atoms with van der Waals surface area (Å²) < 4.78 is 5.16. The van der Waals surface area contributed by atoms with E-state index >= 15 is 0 Å². The number of ether oxygens (including phenoxy) is 1. The molecule has 1 aromatic carbocycles. The van der Waals surface area contributed by atoms with Crippen molar-refractivity contribution in [3.05, 3.63) is 77.2 Å². The zero-order chi connectivity index (χ0) is 22.7. The Morgan fingerprint density at radius 3 is 2.66 bits per heavy atom. The highest BCUT2D eigenvalue weighted by Gasteiger charge is 2.32. The Hall–Kier alpha value is -3.41. The van der Waals surface area contributed by atoms with E-state index in [-0.39, 0.29) is 17.6 Å². The van der Waals surface area contributed by atoms with Crippen LogP contribution in [0.25, 0.3) is 0 Å². The van der Waals surface area contributed by atoms with Crippen LogP contribution >= 0.6 is 0 Å². The number of nitrogens with zero attached hydrogens (tertiary/aromatic N) is 3. The van der Waals surface area contributed by atoms with Crippen LogP contribution in [0.1, 0.15) is 60.9 Å². The van der Waals surface area contributed by atoms with Crippen LogP contribution in [-0.2, 0) is 17.8 Å². The van der Waals surface area contributed by atoms with Gasteiger partial charge in [-0.15, -0.1) is 0 Å². The molecule has 1 aliphatic rings. The van der Waals surface area contributed by atoms with Crippen molar-refractivity contribution < 1.29 is 14.6 Å². The van der Waals surface area contributed by atoms with Gasteiger partial charge in [-0.05, 0) is 60.1 Å². The molecule has 6 heteroatoms. The summed E-state index contributed by atoms with van der Waals surface area (Å²) in [6.45, 7) is 4.57. The van der Waals surface area contributed by atoms with Gasteiger partial charge in [-0.2, -0.15) is 0 Å². The number of aromatic hydroxyl groups is 1. The van der Waals surface area contributed by atoms with Crippen molar-refractivity contribution in [2.75, 3.05) is 12.0 Å². The van der Waals surface area contributed by atoms with Gasteiger partial charge in [0.1, 0.15) is 5.75 Å². The number of phenols is 1. The third-order valence-electron chi connectivity index (χ3n) is 6.07. The summed E-state index contributed by atoms with van der Waals surface area (Å²) in [6, 6.07) is 13.1. The van der Waals surface area contributed by atoms with Gasteiger partial charge in [-0.3, -0.25) is 9.78 Å². The first-order valence-electron chi connectivity index (χ1n) is 11.0. The van der Waals surface area contributed by atoms with Gasteiger partial charge >= 0.3 is 0 Å². The normalized spacial score (nSPS) is 15.3. The van der Waals surface area contributed by atoms with Crippen LogP contribution in [0.15, 0.2) is 54.9 Å². The highest BCUT2D eigenvalue weighted by molar-refractivity contribution is 5.98. The first-order valence-corrected chi connectivity index (χ1v) is 11.0. The number of benzene rings is 1. The minimum Gasteiger partial charge on any atom is -0.508 e. The maximum Gasteiger partial charge on any atom is 0.234 e. The van der Waals surface area contributed by atoms with Gasteiger partial charge in [0.2, 0.25) is 11.8 Å². The van der Waals surface area contributed by atoms with Crippen molar-refractivity contribution in [2.45, 2.75) is 51.5 Å². The van der Waals surface area contributed by atoms with Gasteiger partial charge in [-0.25, -0.2) is 4.98 Å². The summed E-state index contributed by atoms with van der Waals surface area (Å²) >= 11 is 0. The van der Waals surface area contributed by atoms with E-state index in [9.17, 15) is 9.90 Å². The molecule has 0 bridgehead atoms. The topological polar surface area (TPSA) is 75.5 Å². The number of amides is 1. The molecule has 2 aromatic heterocycles. The van der Waals surface area contributed by atoms with Crippen LogP contribution in [-0.4, -0.2) is 28.1 Å². The summed E-state index contributed by atoms with van der Waals surface area (Å²) in [5, 5.41) is 10.3. The molecule has 3 aromatic rings. The fourth-order valence-corrected chi connectivity index (χ4v) is 4.28. The predicted octanol–water partition coefficient (Wildman–Crippen LogP) is 4.97. The van der Waals surface area contributed by atoms with Gasteiger partial charge in [0.25, 0.3) is 0 Å². The van der Waals surface area contributed by atoms with Crippen LogP contribution in [0, 0.1) is 0 Å². The monoisotopic (exact) mass is 431 g/mol. The number of phenolic OH excluding ortho intramolecular Hbond substituents is 1. The molecule has 1 unspecified atom stereocenters. The second-order valence-corrected chi connectivity index (χ2v) is 8.52. The number of anilines is 1. The van der Waals surface area contributed by atoms with Crippen molar-refractivity contribution in [1.82, 2.24) is 9.97 Å². The molecule has 4 rings (SSSR count). The number of carbonyl (C=O) groups excluding carboxylic acids is 1. The van der Waals surface area contributed by atoms with Crippen LogP contribution in [0.2, 0.25) is 0 Å². The first-order chi connectivity index (χ1) is 15.5. The van der Waals surface area contributed by atoms with Crippen molar-refractivity contribution in [1.29, 1.82) is 0 Å². The van der Waals surface area contributed by atoms with E-state index in [1.54, 1.807) is 36.5 Å². The zero-order valence-electron chi connectivity index (χ0n) is 18.8. The third-order valence-corrected chi connectivity index (χ3v) is 6.07. The molecule has 0 saturated carbocycles. The number of aromatic nitrogens is 2. The van der Waals surface area contributed by atoms with Gasteiger partial charge in [0.05, 0.1) is 31.5 Å². The van der Waals surface area contributed by atoms with E-state index in [1.807, 2.05) is 30.3 Å². The SMILES string of the molecule is COc1ccc(CN(C(=O)C2CCCc3c(O)cccc32)c2ccc(C(C)C)nc2)cn1. The molecule has 2 heterocycles. The Morgan fingerprint density at radius 1 is 1.16 bits per heavy atom. The third kappa shape index (κ3) is 4.44. The first kappa shape index (κ1) is 21.8. The Morgan fingerprint density at radius 2 is 2.00 bits per heavy atom. The minimum absolute atomic E-state index is 0.00599. The van der Waals surface area contributed by atoms with E-state index in [0.717, 1.165) is 47.3 Å². The van der Waals surface area contributed by atoms with Gasteiger partial charge < -0.3 is 14.7 Å². The summed E-state index contributed by atoms with van der Waals surface area (Å²) in [7, 11) is 1.58. The Balaban J connectivity index is 1.70. The van der Waals surface area contributed by atoms with E-state index < -0.39 is 0 Å². The second-order valence-electron chi connectivity index (χ2n) is 8.52. The molecule has 166 valence electrons. The fourth-order valence-electron chi connectivity index (χ4n) is 4.28. The van der Waals surface area contributed by atoms with Crippen molar-refractivity contribution in [3.63, 3.8) is 0 Å². The summed E-state index contributed by atoms with van der Waals surface area (Å²) in [5.74, 6) is 0.820. The number of pyridine rings is 2. The van der Waals surface area contributed by atoms with Crippen molar-refractivity contribution in [3.8, 4) is 11.6 Å². The summed E-state index contributed by atoms with van der Waals surface area (Å²) in [4.78, 5) is 24.5. The smallest absolute Gasteiger partial charge is 0.234 e. The quantitative estimate of drug-likeness (QED) is 0.597. The second kappa shape index (κ2) is 9.39. The van der Waals surface area contributed by atoms with Crippen molar-refractivity contribution in [2.24, 2.45) is 0 Å². The van der Waals surface area contributed by atoms with E-state index in [1.165, 1.54) is 0 Å². The van der Waals surface area contributed by atoms with E-state index in [2.05, 4.69) is 23.8 Å². The molecule has 6 nitrogen and oxygen atoms in total. The van der Waals surface area contributed by atoms with Crippen LogP contribution < -0.4 is 9.64 Å². The minimum atomic E-state index is -0.304. The number of carbonyl (C=O) groups is 1. The van der Waals surface area contributed by atoms with Crippen LogP contribution in [0.5, 0.6) is 11.6 Å². The number of rotatable bonds is 6. The molecule has 32 heavy (non-hydrogen) atoms. The molecule has 0 fully saturated rings. The van der Waals surface area contributed by atoms with Gasteiger partial charge in [0.15, 0.2) is 0 Å². The highest BCUT2D eigenvalue weighted by atomic mass is 16.5. The molecule has 0 radical (unpaired) electrons. The molecule has 1 atom stereocenters. The van der Waals surface area contributed by atoms with Crippen LogP contribution in [0.4, 0.5) is 5.69 Å². The molecule has 0 aliphatic heterocycles. The molecular weight excluding hydrogens is 402 g/mol. The van der Waals surface area contributed by atoms with Crippen LogP contribution in [0.3, 0.4) is 0 Å². The lowest BCUT2D eigenvalue weighted by Gasteiger charge is -2.31. The lowest BCUT2D eigenvalue weighted by Crippen LogP contribution is -2.36. The Bertz CT molecular complexity index is 1080. The Kier molecular flexibility index (Phi) is 6.40. The molecule has 1 amide bonds. The fraction of sp³-hybridized carbons (Fsp3) is 0.346. The molecule has 1 aliphatic carbocycles. The molecular formula is C26H29N3O3. The Labute approximate surface area is 188 Å². The van der Waals surface area contributed by atoms with Gasteiger partial charge in [0, 0.05) is 18.0 Å². The maximum atomic E-state index is 13.9. The molecule has 1 N–H and O–H groups in total. The van der Waals surface area contributed by atoms with Crippen molar-refractivity contribution >= 4 is 11.6 Å². The zero-order valence-corrected chi connectivity index (χ0v) is 18.8. The average Bonchev–Trinajstić information content (AvgIpc) is 2.82. The molecule has 0 saturated heterocycles. The largest absolute Gasteiger partial charge is 0.508 e. The number of fused-ring (bicyclic) bond motifs is 1. The van der Waals surface area contributed by atoms with E-state index in [4.69, 9.17) is 4.74 Å². The predicted molar refractivity (Wildman–Crippen MR) is 124 cm³/mol. The summed E-state index contributed by atoms with van der Waals surface area (Å²) in [6.07, 6.45) is 5.92. The van der Waals surface area contributed by atoms with E-state index in [0.29, 0.717) is 18.3 Å². The lowest BCUT2D eigenvalue weighted by atomic mass is 9.81. The van der Waals surface area contributed by atoms with Gasteiger partial charge in [-0.1, -0.05) is 32.0 Å². The number of methoxy groups -OCH3 is 1. The highest BCUT2D eigenvalue weighted by Crippen LogP contribution is 2.38. The number of hydrogen-bond acceptors (Lipinski definition) is 5. The summed E-state index contributed by atoms with van der Waals surface area (Å²) in [5.41, 5.74) is 4.45. The lowest BCUT2D eigenvalue weighted by molar-refractivity contribution is -0.120. The maximum absolute atomic E-state index is 13.9. The molecule has 0 spiro atoms. The average molecular weight is 432 g/mol.